The number of hydrogen-bond acceptors (Lipinski definition) is 6. The molecule has 8 nitrogen and oxygen atoms in total. The van der Waals surface area contributed by atoms with Crippen LogP contribution in [0.3, 0.4) is 0 Å². The first kappa shape index (κ1) is 24.9. The standard InChI is InChI=1S/C25H26N2O6S/c1-18-13-14-20(34(30,31)27(2)3)15-22(18)26-24(28)17-33-25(29)21-11-7-8-12-23(21)32-16-19-9-5-4-6-10-19/h4-15H,16-17H2,1-3H3,(H,26,28). The molecule has 0 unspecified atom stereocenters. The minimum absolute atomic E-state index is 0.0416. The first-order valence-corrected chi connectivity index (χ1v) is 11.9. The van der Waals surface area contributed by atoms with Gasteiger partial charge in [-0.1, -0.05) is 48.5 Å². The van der Waals surface area contributed by atoms with Crippen molar-refractivity contribution in [1.29, 1.82) is 0 Å². The molecule has 0 atom stereocenters. The summed E-state index contributed by atoms with van der Waals surface area (Å²) in [5.41, 5.74) is 2.12. The van der Waals surface area contributed by atoms with Crippen molar-refractivity contribution in [2.75, 3.05) is 26.0 Å². The van der Waals surface area contributed by atoms with Crippen LogP contribution in [0.5, 0.6) is 5.75 Å². The van der Waals surface area contributed by atoms with E-state index in [1.165, 1.54) is 26.2 Å². The number of amides is 1. The second kappa shape index (κ2) is 11.0. The van der Waals surface area contributed by atoms with E-state index in [1.807, 2.05) is 30.3 Å². The number of esters is 1. The van der Waals surface area contributed by atoms with Crippen molar-refractivity contribution in [2.24, 2.45) is 0 Å². The number of benzene rings is 3. The van der Waals surface area contributed by atoms with Crippen LogP contribution in [0, 0.1) is 6.92 Å². The van der Waals surface area contributed by atoms with Gasteiger partial charge in [0.2, 0.25) is 10.0 Å². The lowest BCUT2D eigenvalue weighted by atomic mass is 10.2. The van der Waals surface area contributed by atoms with Crippen LogP contribution in [-0.4, -0.2) is 45.3 Å². The van der Waals surface area contributed by atoms with E-state index in [9.17, 15) is 18.0 Å². The third-order valence-corrected chi connectivity index (χ3v) is 6.75. The zero-order chi connectivity index (χ0) is 24.7. The molecule has 0 aromatic heterocycles. The van der Waals surface area contributed by atoms with Gasteiger partial charge in [-0.25, -0.2) is 17.5 Å². The summed E-state index contributed by atoms with van der Waals surface area (Å²) < 4.78 is 36.7. The molecule has 3 aromatic carbocycles. The van der Waals surface area contributed by atoms with Gasteiger partial charge in [-0.3, -0.25) is 4.79 Å². The Balaban J connectivity index is 1.63. The molecule has 0 spiro atoms. The molecule has 0 saturated heterocycles. The lowest BCUT2D eigenvalue weighted by molar-refractivity contribution is -0.119. The van der Waals surface area contributed by atoms with Gasteiger partial charge < -0.3 is 14.8 Å². The van der Waals surface area contributed by atoms with E-state index in [0.717, 1.165) is 9.87 Å². The van der Waals surface area contributed by atoms with Crippen molar-refractivity contribution in [1.82, 2.24) is 4.31 Å². The molecule has 0 radical (unpaired) electrons. The largest absolute Gasteiger partial charge is 0.488 e. The van der Waals surface area contributed by atoms with Crippen LogP contribution in [-0.2, 0) is 26.2 Å². The number of nitrogens with zero attached hydrogens (tertiary/aromatic N) is 1. The Bertz CT molecular complexity index is 1270. The Morgan fingerprint density at radius 1 is 0.941 bits per heavy atom. The summed E-state index contributed by atoms with van der Waals surface area (Å²) in [6.07, 6.45) is 0. The van der Waals surface area contributed by atoms with Crippen LogP contribution in [0.15, 0.2) is 77.7 Å². The zero-order valence-corrected chi connectivity index (χ0v) is 20.0. The van der Waals surface area contributed by atoms with Crippen LogP contribution in [0.25, 0.3) is 0 Å². The Morgan fingerprint density at radius 3 is 2.32 bits per heavy atom. The molecule has 0 saturated carbocycles. The Morgan fingerprint density at radius 2 is 1.62 bits per heavy atom. The Labute approximate surface area is 199 Å². The van der Waals surface area contributed by atoms with Gasteiger partial charge in [0.1, 0.15) is 17.9 Å². The molecule has 0 fully saturated rings. The van der Waals surface area contributed by atoms with Gasteiger partial charge in [0.25, 0.3) is 5.91 Å². The normalized spacial score (nSPS) is 11.2. The van der Waals surface area contributed by atoms with Crippen LogP contribution in [0.4, 0.5) is 5.69 Å². The van der Waals surface area contributed by atoms with Gasteiger partial charge in [-0.05, 0) is 42.3 Å². The van der Waals surface area contributed by atoms with E-state index >= 15 is 0 Å². The average Bonchev–Trinajstić information content (AvgIpc) is 2.83. The third kappa shape index (κ3) is 6.21. The van der Waals surface area contributed by atoms with Gasteiger partial charge in [0.05, 0.1) is 4.90 Å². The smallest absolute Gasteiger partial charge is 0.342 e. The predicted molar refractivity (Wildman–Crippen MR) is 128 cm³/mol. The summed E-state index contributed by atoms with van der Waals surface area (Å²) in [6, 6.07) is 20.6. The summed E-state index contributed by atoms with van der Waals surface area (Å²) >= 11 is 0. The molecule has 34 heavy (non-hydrogen) atoms. The molecule has 0 aliphatic rings. The minimum Gasteiger partial charge on any atom is -0.488 e. The lowest BCUT2D eigenvalue weighted by Crippen LogP contribution is -2.24. The summed E-state index contributed by atoms with van der Waals surface area (Å²) in [5, 5.41) is 2.60. The number of carbonyl (C=O) groups is 2. The van der Waals surface area contributed by atoms with Crippen LogP contribution < -0.4 is 10.1 Å². The number of hydrogen-bond donors (Lipinski definition) is 1. The molecular formula is C25H26N2O6S. The van der Waals surface area contributed by atoms with Crippen molar-refractivity contribution in [2.45, 2.75) is 18.4 Å². The summed E-state index contributed by atoms with van der Waals surface area (Å²) in [5.74, 6) is -0.966. The molecule has 3 aromatic rings. The van der Waals surface area contributed by atoms with E-state index < -0.39 is 28.5 Å². The van der Waals surface area contributed by atoms with Crippen LogP contribution >= 0.6 is 0 Å². The van der Waals surface area contributed by atoms with Gasteiger partial charge >= 0.3 is 5.97 Å². The third-order valence-electron chi connectivity index (χ3n) is 4.94. The molecule has 0 aliphatic heterocycles. The monoisotopic (exact) mass is 482 g/mol. The van der Waals surface area contributed by atoms with Crippen LogP contribution in [0.1, 0.15) is 21.5 Å². The number of anilines is 1. The molecule has 0 heterocycles. The van der Waals surface area contributed by atoms with E-state index in [-0.39, 0.29) is 17.1 Å². The van der Waals surface area contributed by atoms with Crippen molar-refractivity contribution in [3.8, 4) is 5.75 Å². The van der Waals surface area contributed by atoms with Crippen molar-refractivity contribution in [3.05, 3.63) is 89.5 Å². The number of para-hydroxylation sites is 1. The predicted octanol–water partition coefficient (Wildman–Crippen LogP) is 3.62. The Kier molecular flexibility index (Phi) is 8.04. The molecule has 1 amide bonds. The molecule has 0 bridgehead atoms. The highest BCUT2D eigenvalue weighted by molar-refractivity contribution is 7.89. The zero-order valence-electron chi connectivity index (χ0n) is 19.1. The van der Waals surface area contributed by atoms with Crippen LogP contribution in [0.2, 0.25) is 0 Å². The maximum Gasteiger partial charge on any atom is 0.342 e. The number of aryl methyl sites for hydroxylation is 1. The SMILES string of the molecule is Cc1ccc(S(=O)(=O)N(C)C)cc1NC(=O)COC(=O)c1ccccc1OCc1ccccc1. The molecule has 1 N–H and O–H groups in total. The minimum atomic E-state index is -3.66. The van der Waals surface area contributed by atoms with E-state index in [0.29, 0.717) is 17.0 Å². The fraction of sp³-hybridized carbons (Fsp3) is 0.200. The molecule has 0 aliphatic carbocycles. The second-order valence-corrected chi connectivity index (χ2v) is 9.81. The second-order valence-electron chi connectivity index (χ2n) is 7.66. The quantitative estimate of drug-likeness (QED) is 0.468. The summed E-state index contributed by atoms with van der Waals surface area (Å²) in [6.45, 7) is 1.46. The van der Waals surface area contributed by atoms with Gasteiger partial charge in [-0.2, -0.15) is 0 Å². The molecule has 3 rings (SSSR count). The van der Waals surface area contributed by atoms with Gasteiger partial charge in [0, 0.05) is 19.8 Å². The lowest BCUT2D eigenvalue weighted by Gasteiger charge is -2.15. The average molecular weight is 483 g/mol. The van der Waals surface area contributed by atoms with Gasteiger partial charge in [-0.15, -0.1) is 0 Å². The Hall–Kier alpha value is -3.69. The number of ether oxygens (including phenoxy) is 2. The van der Waals surface area contributed by atoms with Crippen molar-refractivity contribution >= 4 is 27.6 Å². The highest BCUT2D eigenvalue weighted by Gasteiger charge is 2.20. The van der Waals surface area contributed by atoms with Crippen molar-refractivity contribution < 1.29 is 27.5 Å². The number of sulfonamides is 1. The van der Waals surface area contributed by atoms with E-state index in [1.54, 1.807) is 37.3 Å². The number of carbonyl (C=O) groups excluding carboxylic acids is 2. The first-order valence-electron chi connectivity index (χ1n) is 10.4. The molecule has 178 valence electrons. The maximum atomic E-state index is 12.6. The summed E-state index contributed by atoms with van der Waals surface area (Å²) in [4.78, 5) is 25.0. The van der Waals surface area contributed by atoms with Gasteiger partial charge in [0.15, 0.2) is 6.61 Å². The number of nitrogens with one attached hydrogen (secondary N) is 1. The first-order chi connectivity index (χ1) is 16.2. The van der Waals surface area contributed by atoms with E-state index in [2.05, 4.69) is 5.32 Å². The number of rotatable bonds is 9. The fourth-order valence-corrected chi connectivity index (χ4v) is 3.93. The summed E-state index contributed by atoms with van der Waals surface area (Å²) in [7, 11) is -0.812. The topological polar surface area (TPSA) is 102 Å². The fourth-order valence-electron chi connectivity index (χ4n) is 3.00. The maximum absolute atomic E-state index is 12.6. The van der Waals surface area contributed by atoms with E-state index in [4.69, 9.17) is 9.47 Å². The highest BCUT2D eigenvalue weighted by atomic mass is 32.2. The molecular weight excluding hydrogens is 456 g/mol. The highest BCUT2D eigenvalue weighted by Crippen LogP contribution is 2.23. The molecule has 9 heteroatoms. The van der Waals surface area contributed by atoms with Crippen molar-refractivity contribution in [3.63, 3.8) is 0 Å².